The smallest absolute Gasteiger partial charge is 0.245 e. The molecule has 1 rings (SSSR count). The second-order valence-electron chi connectivity index (χ2n) is 3.44. The summed E-state index contributed by atoms with van der Waals surface area (Å²) < 4.78 is 0. The first-order valence-electron chi connectivity index (χ1n) is 4.87. The van der Waals surface area contributed by atoms with Crippen LogP contribution in [-0.2, 0) is 9.59 Å². The van der Waals surface area contributed by atoms with Crippen molar-refractivity contribution in [1.82, 2.24) is 10.2 Å². The third kappa shape index (κ3) is 2.23. The number of rotatable bonds is 4. The summed E-state index contributed by atoms with van der Waals surface area (Å²) in [4.78, 5) is 23.4. The predicted octanol–water partition coefficient (Wildman–Crippen LogP) is -0.896. The van der Waals surface area contributed by atoms with E-state index in [0.717, 1.165) is 6.42 Å². The first kappa shape index (κ1) is 11.0. The molecule has 0 spiro atoms. The second-order valence-corrected chi connectivity index (χ2v) is 3.44. The monoisotopic (exact) mass is 200 g/mol. The highest BCUT2D eigenvalue weighted by Gasteiger charge is 2.37. The zero-order valence-electron chi connectivity index (χ0n) is 8.27. The Morgan fingerprint density at radius 2 is 2.43 bits per heavy atom. The van der Waals surface area contributed by atoms with Crippen LogP contribution in [0.2, 0.25) is 0 Å². The number of nitrogens with one attached hydrogen (secondary N) is 1. The lowest BCUT2D eigenvalue weighted by molar-refractivity contribution is -0.133. The molecule has 0 aromatic carbocycles. The Morgan fingerprint density at radius 3 is 3.00 bits per heavy atom. The van der Waals surface area contributed by atoms with Crippen molar-refractivity contribution >= 4 is 12.3 Å². The van der Waals surface area contributed by atoms with Gasteiger partial charge in [-0.15, -0.1) is 0 Å². The fourth-order valence-electron chi connectivity index (χ4n) is 1.60. The molecule has 0 bridgehead atoms. The zero-order valence-corrected chi connectivity index (χ0v) is 8.27. The number of aliphatic hydroxyl groups is 1. The summed E-state index contributed by atoms with van der Waals surface area (Å²) in [5, 5.41) is 12.2. The van der Waals surface area contributed by atoms with Crippen LogP contribution < -0.4 is 5.32 Å². The molecule has 14 heavy (non-hydrogen) atoms. The van der Waals surface area contributed by atoms with Crippen molar-refractivity contribution in [3.63, 3.8) is 0 Å². The third-order valence-corrected chi connectivity index (χ3v) is 2.36. The van der Waals surface area contributed by atoms with Gasteiger partial charge in [-0.25, -0.2) is 0 Å². The minimum absolute atomic E-state index is 0.260. The van der Waals surface area contributed by atoms with Gasteiger partial charge in [-0.3, -0.25) is 9.59 Å². The summed E-state index contributed by atoms with van der Waals surface area (Å²) in [5.74, 6) is -0.260. The third-order valence-electron chi connectivity index (χ3n) is 2.36. The molecule has 2 N–H and O–H groups in total. The quantitative estimate of drug-likeness (QED) is 0.578. The van der Waals surface area contributed by atoms with Crippen LogP contribution in [0.25, 0.3) is 0 Å². The van der Waals surface area contributed by atoms with Gasteiger partial charge in [0.2, 0.25) is 12.3 Å². The van der Waals surface area contributed by atoms with Gasteiger partial charge in [-0.2, -0.15) is 0 Å². The summed E-state index contributed by atoms with van der Waals surface area (Å²) in [6, 6.07) is -0.695. The number of likely N-dealkylation sites (tertiary alicyclic amines) is 1. The number of carbonyl (C=O) groups is 2. The summed E-state index contributed by atoms with van der Waals surface area (Å²) >= 11 is 0. The number of carbonyl (C=O) groups excluding carboxylic acids is 2. The Bertz CT molecular complexity index is 220. The Hall–Kier alpha value is -1.10. The molecule has 0 aromatic rings. The molecular weight excluding hydrogens is 184 g/mol. The average molecular weight is 200 g/mol. The number of aliphatic hydroxyl groups excluding tert-OH is 1. The minimum atomic E-state index is -0.725. The number of nitrogens with zero attached hydrogens (tertiary/aromatic N) is 1. The van der Waals surface area contributed by atoms with Gasteiger partial charge in [-0.1, -0.05) is 6.92 Å². The fraction of sp³-hybridized carbons (Fsp3) is 0.778. The molecular formula is C9H16N2O3. The Morgan fingerprint density at radius 1 is 1.71 bits per heavy atom. The van der Waals surface area contributed by atoms with Crippen molar-refractivity contribution in [2.75, 3.05) is 13.1 Å². The second kappa shape index (κ2) is 4.95. The first-order chi connectivity index (χ1) is 6.70. The van der Waals surface area contributed by atoms with E-state index >= 15 is 0 Å². The molecule has 0 aromatic heterocycles. The van der Waals surface area contributed by atoms with Gasteiger partial charge in [0.1, 0.15) is 6.04 Å². The largest absolute Gasteiger partial charge is 0.390 e. The molecule has 5 nitrogen and oxygen atoms in total. The van der Waals surface area contributed by atoms with Gasteiger partial charge in [0.05, 0.1) is 6.10 Å². The van der Waals surface area contributed by atoms with Crippen molar-refractivity contribution in [3.05, 3.63) is 0 Å². The normalized spacial score (nSPS) is 26.3. The Kier molecular flexibility index (Phi) is 3.88. The standard InChI is InChI=1S/C9H16N2O3/c1-2-4-10-9(14)8-7(13)3-5-11(8)6-12/h6-8,13H,2-5H2,1H3,(H,10,14)/t7-,8?/m0/s1. The maximum atomic E-state index is 11.5. The maximum Gasteiger partial charge on any atom is 0.245 e. The molecule has 0 aliphatic carbocycles. The molecule has 1 fully saturated rings. The van der Waals surface area contributed by atoms with E-state index in [0.29, 0.717) is 25.9 Å². The van der Waals surface area contributed by atoms with Crippen LogP contribution in [0.5, 0.6) is 0 Å². The topological polar surface area (TPSA) is 69.6 Å². The minimum Gasteiger partial charge on any atom is -0.390 e. The summed E-state index contributed by atoms with van der Waals surface area (Å²) in [6.07, 6.45) is 1.21. The van der Waals surface area contributed by atoms with Crippen LogP contribution in [0, 0.1) is 0 Å². The van der Waals surface area contributed by atoms with Gasteiger partial charge in [0.25, 0.3) is 0 Å². The van der Waals surface area contributed by atoms with Crippen LogP contribution >= 0.6 is 0 Å². The summed E-state index contributed by atoms with van der Waals surface area (Å²) in [7, 11) is 0. The highest BCUT2D eigenvalue weighted by molar-refractivity contribution is 5.84. The average Bonchev–Trinajstić information content (AvgIpc) is 2.56. The highest BCUT2D eigenvalue weighted by Crippen LogP contribution is 2.15. The first-order valence-corrected chi connectivity index (χ1v) is 4.87. The highest BCUT2D eigenvalue weighted by atomic mass is 16.3. The molecule has 0 saturated carbocycles. The number of hydrogen-bond acceptors (Lipinski definition) is 3. The van der Waals surface area contributed by atoms with E-state index < -0.39 is 12.1 Å². The lowest BCUT2D eigenvalue weighted by Gasteiger charge is -2.21. The molecule has 5 heteroatoms. The van der Waals surface area contributed by atoms with Crippen molar-refractivity contribution in [3.8, 4) is 0 Å². The Balaban J connectivity index is 2.54. The van der Waals surface area contributed by atoms with Gasteiger partial charge >= 0.3 is 0 Å². The van der Waals surface area contributed by atoms with Crippen molar-refractivity contribution in [2.24, 2.45) is 0 Å². The van der Waals surface area contributed by atoms with E-state index in [4.69, 9.17) is 0 Å². The van der Waals surface area contributed by atoms with Crippen molar-refractivity contribution in [2.45, 2.75) is 31.9 Å². The van der Waals surface area contributed by atoms with Gasteiger partial charge in [-0.05, 0) is 12.8 Å². The van der Waals surface area contributed by atoms with Gasteiger partial charge < -0.3 is 15.3 Å². The van der Waals surface area contributed by atoms with Crippen LogP contribution in [0.3, 0.4) is 0 Å². The summed E-state index contributed by atoms with van der Waals surface area (Å²) in [5.41, 5.74) is 0. The van der Waals surface area contributed by atoms with Crippen LogP contribution in [0.1, 0.15) is 19.8 Å². The van der Waals surface area contributed by atoms with E-state index in [1.165, 1.54) is 4.90 Å². The van der Waals surface area contributed by atoms with Crippen LogP contribution in [-0.4, -0.2) is 47.6 Å². The van der Waals surface area contributed by atoms with Crippen molar-refractivity contribution in [1.29, 1.82) is 0 Å². The molecule has 2 amide bonds. The SMILES string of the molecule is CCCNC(=O)C1[C@@H](O)CCN1C=O. The maximum absolute atomic E-state index is 11.5. The van der Waals surface area contributed by atoms with E-state index in [1.54, 1.807) is 0 Å². The van der Waals surface area contributed by atoms with Gasteiger partial charge in [0, 0.05) is 13.1 Å². The lowest BCUT2D eigenvalue weighted by atomic mass is 10.1. The van der Waals surface area contributed by atoms with Crippen molar-refractivity contribution < 1.29 is 14.7 Å². The van der Waals surface area contributed by atoms with Crippen LogP contribution in [0.15, 0.2) is 0 Å². The molecule has 1 aliphatic heterocycles. The summed E-state index contributed by atoms with van der Waals surface area (Å²) in [6.45, 7) is 2.98. The Labute approximate surface area is 83.1 Å². The molecule has 1 unspecified atom stereocenters. The fourth-order valence-corrected chi connectivity index (χ4v) is 1.60. The van der Waals surface area contributed by atoms with Crippen LogP contribution in [0.4, 0.5) is 0 Å². The lowest BCUT2D eigenvalue weighted by Crippen LogP contribution is -2.47. The molecule has 1 saturated heterocycles. The zero-order chi connectivity index (χ0) is 10.6. The molecule has 0 radical (unpaired) electrons. The van der Waals surface area contributed by atoms with E-state index in [-0.39, 0.29) is 5.91 Å². The van der Waals surface area contributed by atoms with E-state index in [1.807, 2.05) is 6.92 Å². The molecule has 80 valence electrons. The molecule has 2 atom stereocenters. The van der Waals surface area contributed by atoms with E-state index in [2.05, 4.69) is 5.32 Å². The van der Waals surface area contributed by atoms with E-state index in [9.17, 15) is 14.7 Å². The molecule has 1 heterocycles. The number of hydrogen-bond donors (Lipinski definition) is 2. The van der Waals surface area contributed by atoms with Gasteiger partial charge in [0.15, 0.2) is 0 Å². The molecule has 1 aliphatic rings. The predicted molar refractivity (Wildman–Crippen MR) is 50.5 cm³/mol. The number of amides is 2.